The van der Waals surface area contributed by atoms with Crippen LogP contribution in [0.4, 0.5) is 0 Å². The van der Waals surface area contributed by atoms with E-state index in [1.165, 1.54) is 24.8 Å². The second-order valence-corrected chi connectivity index (χ2v) is 6.54. The maximum Gasteiger partial charge on any atom is 0.193 e. The summed E-state index contributed by atoms with van der Waals surface area (Å²) in [5.74, 6) is 1.06. The van der Waals surface area contributed by atoms with Gasteiger partial charge in [-0.2, -0.15) is 0 Å². The number of halogens is 2. The molecule has 0 amide bonds. The SMILES string of the molecule is CN1CCN=C1NCC1(c2ccc(Br)cc2)CCC1.I. The molecule has 3 nitrogen and oxygen atoms in total. The molecule has 1 aliphatic heterocycles. The van der Waals surface area contributed by atoms with Crippen molar-refractivity contribution in [3.8, 4) is 0 Å². The Bertz CT molecular complexity index is 482. The zero-order chi connectivity index (χ0) is 13.3. The van der Waals surface area contributed by atoms with Crippen LogP contribution >= 0.6 is 39.9 Å². The smallest absolute Gasteiger partial charge is 0.193 e. The Morgan fingerprint density at radius 2 is 2.00 bits per heavy atom. The maximum atomic E-state index is 4.51. The van der Waals surface area contributed by atoms with Crippen molar-refractivity contribution < 1.29 is 0 Å². The average Bonchev–Trinajstić information content (AvgIpc) is 2.76. The summed E-state index contributed by atoms with van der Waals surface area (Å²) < 4.78 is 1.15. The first-order chi connectivity index (χ1) is 9.20. The first-order valence-corrected chi connectivity index (χ1v) is 7.74. The second kappa shape index (κ2) is 6.64. The highest BCUT2D eigenvalue weighted by Crippen LogP contribution is 2.43. The number of benzene rings is 1. The van der Waals surface area contributed by atoms with Crippen LogP contribution in [0, 0.1) is 0 Å². The summed E-state index contributed by atoms with van der Waals surface area (Å²) in [7, 11) is 2.10. The van der Waals surface area contributed by atoms with Crippen molar-refractivity contribution in [1.82, 2.24) is 10.2 Å². The predicted molar refractivity (Wildman–Crippen MR) is 98.0 cm³/mol. The van der Waals surface area contributed by atoms with Gasteiger partial charge in [0.05, 0.1) is 6.54 Å². The van der Waals surface area contributed by atoms with Crippen molar-refractivity contribution in [2.75, 3.05) is 26.7 Å². The van der Waals surface area contributed by atoms with Crippen LogP contribution in [0.15, 0.2) is 33.7 Å². The van der Waals surface area contributed by atoms with Crippen molar-refractivity contribution in [2.45, 2.75) is 24.7 Å². The van der Waals surface area contributed by atoms with E-state index in [2.05, 4.69) is 62.5 Å². The molecule has 0 radical (unpaired) electrons. The van der Waals surface area contributed by atoms with Crippen LogP contribution in [-0.4, -0.2) is 37.5 Å². The molecule has 2 aliphatic rings. The molecule has 5 heteroatoms. The van der Waals surface area contributed by atoms with E-state index < -0.39 is 0 Å². The number of likely N-dealkylation sites (N-methyl/N-ethyl adjacent to an activating group) is 1. The number of guanidine groups is 1. The van der Waals surface area contributed by atoms with Crippen LogP contribution in [0.25, 0.3) is 0 Å². The van der Waals surface area contributed by atoms with Gasteiger partial charge in [-0.25, -0.2) is 0 Å². The van der Waals surface area contributed by atoms with E-state index in [-0.39, 0.29) is 24.0 Å². The highest BCUT2D eigenvalue weighted by molar-refractivity contribution is 14.0. The van der Waals surface area contributed by atoms with Crippen molar-refractivity contribution in [3.63, 3.8) is 0 Å². The van der Waals surface area contributed by atoms with E-state index in [4.69, 9.17) is 0 Å². The van der Waals surface area contributed by atoms with Crippen molar-refractivity contribution >= 4 is 45.9 Å². The lowest BCUT2D eigenvalue weighted by Crippen LogP contribution is -2.48. The lowest BCUT2D eigenvalue weighted by molar-refractivity contribution is 0.242. The number of hydrogen-bond donors (Lipinski definition) is 1. The van der Waals surface area contributed by atoms with E-state index in [1.54, 1.807) is 0 Å². The lowest BCUT2D eigenvalue weighted by atomic mass is 9.64. The van der Waals surface area contributed by atoms with E-state index in [0.717, 1.165) is 30.1 Å². The molecule has 20 heavy (non-hydrogen) atoms. The van der Waals surface area contributed by atoms with Gasteiger partial charge < -0.3 is 10.2 Å². The molecular weight excluding hydrogens is 429 g/mol. The number of nitrogens with zero attached hydrogens (tertiary/aromatic N) is 2. The normalized spacial score (nSPS) is 19.9. The van der Waals surface area contributed by atoms with E-state index in [0.29, 0.717) is 5.41 Å². The Hall–Kier alpha value is -0.300. The Balaban J connectivity index is 0.00000147. The third-order valence-corrected chi connectivity index (χ3v) is 4.94. The minimum Gasteiger partial charge on any atom is -0.355 e. The molecule has 110 valence electrons. The number of nitrogens with one attached hydrogen (secondary N) is 1. The third kappa shape index (κ3) is 3.13. The van der Waals surface area contributed by atoms with Gasteiger partial charge in [-0.15, -0.1) is 24.0 Å². The molecule has 0 spiro atoms. The second-order valence-electron chi connectivity index (χ2n) is 5.62. The number of aliphatic imine (C=N–C) groups is 1. The highest BCUT2D eigenvalue weighted by Gasteiger charge is 2.38. The summed E-state index contributed by atoms with van der Waals surface area (Å²) in [6.45, 7) is 2.95. The molecule has 1 aromatic rings. The zero-order valence-electron chi connectivity index (χ0n) is 11.7. The first kappa shape index (κ1) is 16.1. The van der Waals surface area contributed by atoms with Crippen LogP contribution in [0.1, 0.15) is 24.8 Å². The van der Waals surface area contributed by atoms with Crippen LogP contribution in [0.5, 0.6) is 0 Å². The van der Waals surface area contributed by atoms with E-state index in [1.807, 2.05) is 0 Å². The van der Waals surface area contributed by atoms with E-state index >= 15 is 0 Å². The molecule has 1 N–H and O–H groups in total. The summed E-state index contributed by atoms with van der Waals surface area (Å²) >= 11 is 3.51. The molecule has 1 aliphatic carbocycles. The van der Waals surface area contributed by atoms with Crippen LogP contribution in [0.3, 0.4) is 0 Å². The molecule has 0 unspecified atom stereocenters. The fraction of sp³-hybridized carbons (Fsp3) is 0.533. The molecule has 0 bridgehead atoms. The lowest BCUT2D eigenvalue weighted by Gasteiger charge is -2.43. The van der Waals surface area contributed by atoms with Gasteiger partial charge in [0.1, 0.15) is 0 Å². The number of hydrogen-bond acceptors (Lipinski definition) is 3. The minimum absolute atomic E-state index is 0. The number of rotatable bonds is 3. The van der Waals surface area contributed by atoms with Gasteiger partial charge >= 0.3 is 0 Å². The largest absolute Gasteiger partial charge is 0.355 e. The summed E-state index contributed by atoms with van der Waals surface area (Å²) in [4.78, 5) is 6.71. The Labute approximate surface area is 146 Å². The average molecular weight is 450 g/mol. The molecule has 1 heterocycles. The Morgan fingerprint density at radius 3 is 2.50 bits per heavy atom. The fourth-order valence-corrected chi connectivity index (χ4v) is 3.21. The Kier molecular flexibility index (Phi) is 5.34. The molecule has 1 saturated carbocycles. The van der Waals surface area contributed by atoms with Crippen LogP contribution in [0.2, 0.25) is 0 Å². The highest BCUT2D eigenvalue weighted by atomic mass is 127. The van der Waals surface area contributed by atoms with Crippen molar-refractivity contribution in [1.29, 1.82) is 0 Å². The first-order valence-electron chi connectivity index (χ1n) is 6.95. The molecule has 1 fully saturated rings. The standard InChI is InChI=1S/C15H20BrN3.HI/c1-19-10-9-17-14(19)18-11-15(7-2-8-15)12-3-5-13(16)6-4-12;/h3-6H,2,7-11H2,1H3,(H,17,18);1H. The summed E-state index contributed by atoms with van der Waals surface area (Å²) in [6.07, 6.45) is 3.89. The maximum absolute atomic E-state index is 4.51. The zero-order valence-corrected chi connectivity index (χ0v) is 15.6. The van der Waals surface area contributed by atoms with Gasteiger partial charge in [-0.05, 0) is 30.5 Å². The van der Waals surface area contributed by atoms with Gasteiger partial charge in [0, 0.05) is 30.0 Å². The molecule has 3 rings (SSSR count). The van der Waals surface area contributed by atoms with Crippen LogP contribution in [-0.2, 0) is 5.41 Å². The van der Waals surface area contributed by atoms with Crippen molar-refractivity contribution in [2.24, 2.45) is 4.99 Å². The molecular formula is C15H21BrIN3. The molecule has 0 aromatic heterocycles. The van der Waals surface area contributed by atoms with Crippen LogP contribution < -0.4 is 5.32 Å². The molecule has 0 saturated heterocycles. The monoisotopic (exact) mass is 449 g/mol. The quantitative estimate of drug-likeness (QED) is 0.716. The fourth-order valence-electron chi connectivity index (χ4n) is 2.95. The van der Waals surface area contributed by atoms with Gasteiger partial charge in [0.15, 0.2) is 5.96 Å². The summed E-state index contributed by atoms with van der Waals surface area (Å²) in [5, 5.41) is 3.55. The van der Waals surface area contributed by atoms with Gasteiger partial charge in [0.2, 0.25) is 0 Å². The summed E-state index contributed by atoms with van der Waals surface area (Å²) in [5.41, 5.74) is 1.77. The van der Waals surface area contributed by atoms with E-state index in [9.17, 15) is 0 Å². The Morgan fingerprint density at radius 1 is 1.30 bits per heavy atom. The van der Waals surface area contributed by atoms with Gasteiger partial charge in [-0.3, -0.25) is 4.99 Å². The molecule has 1 aromatic carbocycles. The van der Waals surface area contributed by atoms with Gasteiger partial charge in [-0.1, -0.05) is 34.5 Å². The van der Waals surface area contributed by atoms with Crippen molar-refractivity contribution in [3.05, 3.63) is 34.3 Å². The predicted octanol–water partition coefficient (Wildman–Crippen LogP) is 3.38. The van der Waals surface area contributed by atoms with Gasteiger partial charge in [0.25, 0.3) is 0 Å². The topological polar surface area (TPSA) is 27.6 Å². The summed E-state index contributed by atoms with van der Waals surface area (Å²) in [6, 6.07) is 8.80. The third-order valence-electron chi connectivity index (χ3n) is 4.41. The molecule has 0 atom stereocenters. The minimum atomic E-state index is 0.